The van der Waals surface area contributed by atoms with Crippen molar-refractivity contribution in [2.75, 3.05) is 25.1 Å². The van der Waals surface area contributed by atoms with Crippen molar-refractivity contribution in [2.45, 2.75) is 6.92 Å². The van der Waals surface area contributed by atoms with E-state index in [0.717, 1.165) is 11.4 Å². The number of hydrogen-bond donors (Lipinski definition) is 0. The van der Waals surface area contributed by atoms with Gasteiger partial charge in [0.2, 0.25) is 11.8 Å². The zero-order chi connectivity index (χ0) is 21.3. The van der Waals surface area contributed by atoms with Crippen LogP contribution in [-0.4, -0.2) is 41.9 Å². The molecule has 1 aromatic heterocycles. The van der Waals surface area contributed by atoms with Crippen LogP contribution in [0.2, 0.25) is 0 Å². The van der Waals surface area contributed by atoms with Gasteiger partial charge in [-0.3, -0.25) is 14.5 Å². The van der Waals surface area contributed by atoms with Crippen LogP contribution in [-0.2, 0) is 9.59 Å². The third kappa shape index (κ3) is 5.78. The van der Waals surface area contributed by atoms with E-state index in [2.05, 4.69) is 4.98 Å². The Balaban J connectivity index is 1.57. The Kier molecular flexibility index (Phi) is 7.34. The smallest absolute Gasteiger partial charge is 0.246 e. The summed E-state index contributed by atoms with van der Waals surface area (Å²) in [6.45, 7) is 2.37. The molecular formula is C23H23N3O3S. The molecule has 0 aliphatic rings. The van der Waals surface area contributed by atoms with Crippen LogP contribution in [0.4, 0.5) is 10.8 Å². The number of amides is 2. The maximum atomic E-state index is 12.3. The van der Waals surface area contributed by atoms with Crippen LogP contribution in [0.15, 0.2) is 72.1 Å². The van der Waals surface area contributed by atoms with Crippen molar-refractivity contribution in [3.05, 3.63) is 77.8 Å². The van der Waals surface area contributed by atoms with Crippen LogP contribution in [0.3, 0.4) is 0 Å². The lowest BCUT2D eigenvalue weighted by atomic mass is 10.3. The highest BCUT2D eigenvalue weighted by Crippen LogP contribution is 2.29. The summed E-state index contributed by atoms with van der Waals surface area (Å²) in [5.41, 5.74) is 1.38. The minimum Gasteiger partial charge on any atom is -0.492 e. The number of nitrogens with zero attached hydrogens (tertiary/aromatic N) is 3. The van der Waals surface area contributed by atoms with Crippen LogP contribution in [0.5, 0.6) is 5.75 Å². The van der Waals surface area contributed by atoms with Gasteiger partial charge >= 0.3 is 0 Å². The van der Waals surface area contributed by atoms with Crippen LogP contribution in [0.25, 0.3) is 6.08 Å². The van der Waals surface area contributed by atoms with Gasteiger partial charge in [0.25, 0.3) is 0 Å². The number of carbonyl (C=O) groups is 2. The standard InChI is InChI=1S/C23H23N3O3S/c1-18(27)26(20-9-5-3-6-10-20)23-24-19(17-30-23)13-14-22(28)25(2)15-16-29-21-11-7-4-8-12-21/h3-14,17H,15-16H2,1-2H3/b14-13+. The number of ether oxygens (including phenoxy) is 1. The molecule has 0 radical (unpaired) electrons. The Morgan fingerprint density at radius 1 is 1.07 bits per heavy atom. The van der Waals surface area contributed by atoms with E-state index < -0.39 is 0 Å². The highest BCUT2D eigenvalue weighted by Gasteiger charge is 2.17. The van der Waals surface area contributed by atoms with Crippen LogP contribution in [0.1, 0.15) is 12.6 Å². The van der Waals surface area contributed by atoms with Crippen molar-refractivity contribution in [1.82, 2.24) is 9.88 Å². The molecule has 0 saturated carbocycles. The molecule has 0 atom stereocenters. The largest absolute Gasteiger partial charge is 0.492 e. The molecule has 30 heavy (non-hydrogen) atoms. The molecule has 0 unspecified atom stereocenters. The molecular weight excluding hydrogens is 398 g/mol. The van der Waals surface area contributed by atoms with Crippen molar-refractivity contribution in [1.29, 1.82) is 0 Å². The maximum absolute atomic E-state index is 12.3. The average Bonchev–Trinajstić information content (AvgIpc) is 3.21. The lowest BCUT2D eigenvalue weighted by Crippen LogP contribution is -2.29. The molecule has 0 fully saturated rings. The van der Waals surface area contributed by atoms with Crippen molar-refractivity contribution in [2.24, 2.45) is 0 Å². The van der Waals surface area contributed by atoms with Gasteiger partial charge < -0.3 is 9.64 Å². The number of para-hydroxylation sites is 2. The molecule has 0 saturated heterocycles. The molecule has 6 nitrogen and oxygen atoms in total. The quantitative estimate of drug-likeness (QED) is 0.507. The molecule has 0 aliphatic heterocycles. The van der Waals surface area contributed by atoms with Crippen LogP contribution < -0.4 is 9.64 Å². The number of benzene rings is 2. The number of hydrogen-bond acceptors (Lipinski definition) is 5. The second-order valence-electron chi connectivity index (χ2n) is 6.50. The fraction of sp³-hybridized carbons (Fsp3) is 0.174. The first-order valence-electron chi connectivity index (χ1n) is 9.47. The first-order chi connectivity index (χ1) is 14.5. The normalized spacial score (nSPS) is 10.7. The van der Waals surface area contributed by atoms with Crippen molar-refractivity contribution in [3.8, 4) is 5.75 Å². The molecule has 3 rings (SSSR count). The second-order valence-corrected chi connectivity index (χ2v) is 7.34. The molecule has 0 spiro atoms. The van der Waals surface area contributed by atoms with Gasteiger partial charge in [0.1, 0.15) is 12.4 Å². The minimum absolute atomic E-state index is 0.125. The van der Waals surface area contributed by atoms with E-state index in [1.54, 1.807) is 22.9 Å². The van der Waals surface area contributed by atoms with Crippen molar-refractivity contribution >= 4 is 40.0 Å². The Morgan fingerprint density at radius 2 is 1.73 bits per heavy atom. The highest BCUT2D eigenvalue weighted by molar-refractivity contribution is 7.14. The second kappa shape index (κ2) is 10.4. The van der Waals surface area contributed by atoms with Crippen molar-refractivity contribution < 1.29 is 14.3 Å². The molecule has 154 valence electrons. The average molecular weight is 422 g/mol. The molecule has 0 N–H and O–H groups in total. The summed E-state index contributed by atoms with van der Waals surface area (Å²) in [6.07, 6.45) is 3.13. The number of aromatic nitrogens is 1. The summed E-state index contributed by atoms with van der Waals surface area (Å²) in [5.74, 6) is 0.505. The van der Waals surface area contributed by atoms with E-state index in [1.807, 2.05) is 66.0 Å². The molecule has 7 heteroatoms. The first-order valence-corrected chi connectivity index (χ1v) is 10.3. The Hall–Kier alpha value is -3.45. The lowest BCUT2D eigenvalue weighted by Gasteiger charge is -2.17. The number of rotatable bonds is 8. The van der Waals surface area contributed by atoms with E-state index in [0.29, 0.717) is 24.0 Å². The lowest BCUT2D eigenvalue weighted by molar-refractivity contribution is -0.125. The van der Waals surface area contributed by atoms with Gasteiger partial charge in [0.05, 0.1) is 17.9 Å². The third-order valence-corrected chi connectivity index (χ3v) is 5.09. The number of thiazole rings is 1. The Labute approximate surface area is 180 Å². The highest BCUT2D eigenvalue weighted by atomic mass is 32.1. The summed E-state index contributed by atoms with van der Waals surface area (Å²) in [7, 11) is 1.72. The summed E-state index contributed by atoms with van der Waals surface area (Å²) in [4.78, 5) is 32.1. The molecule has 3 aromatic rings. The van der Waals surface area contributed by atoms with Crippen molar-refractivity contribution in [3.63, 3.8) is 0 Å². The summed E-state index contributed by atoms with van der Waals surface area (Å²) in [5, 5.41) is 2.38. The molecule has 1 heterocycles. The van der Waals surface area contributed by atoms with E-state index >= 15 is 0 Å². The first kappa shape index (κ1) is 21.3. The molecule has 0 bridgehead atoms. The zero-order valence-corrected chi connectivity index (χ0v) is 17.7. The van der Waals surface area contributed by atoms with Gasteiger partial charge in [-0.25, -0.2) is 4.98 Å². The Bertz CT molecular complexity index is 1000. The predicted octanol–water partition coefficient (Wildman–Crippen LogP) is 4.38. The van der Waals surface area contributed by atoms with Gasteiger partial charge in [-0.05, 0) is 30.3 Å². The van der Waals surface area contributed by atoms with E-state index in [9.17, 15) is 9.59 Å². The SMILES string of the molecule is CC(=O)N(c1ccccc1)c1nc(/C=C/C(=O)N(C)CCOc2ccccc2)cs1. The summed E-state index contributed by atoms with van der Waals surface area (Å²) < 4.78 is 5.62. The van der Waals surface area contributed by atoms with Gasteiger partial charge in [0.15, 0.2) is 5.13 Å². The Morgan fingerprint density at radius 3 is 2.40 bits per heavy atom. The number of likely N-dealkylation sites (N-methyl/N-ethyl adjacent to an activating group) is 1. The fourth-order valence-corrected chi connectivity index (χ4v) is 3.53. The zero-order valence-electron chi connectivity index (χ0n) is 16.9. The summed E-state index contributed by atoms with van der Waals surface area (Å²) in [6, 6.07) is 18.8. The molecule has 2 aromatic carbocycles. The van der Waals surface area contributed by atoms with E-state index in [1.165, 1.54) is 24.3 Å². The van der Waals surface area contributed by atoms with E-state index in [4.69, 9.17) is 4.74 Å². The number of anilines is 2. The minimum atomic E-state index is -0.146. The van der Waals surface area contributed by atoms with E-state index in [-0.39, 0.29) is 11.8 Å². The summed E-state index contributed by atoms with van der Waals surface area (Å²) >= 11 is 1.35. The van der Waals surface area contributed by atoms with Gasteiger partial charge in [-0.2, -0.15) is 0 Å². The topological polar surface area (TPSA) is 62.7 Å². The van der Waals surface area contributed by atoms with Gasteiger partial charge in [-0.15, -0.1) is 11.3 Å². The third-order valence-electron chi connectivity index (χ3n) is 4.24. The number of carbonyl (C=O) groups excluding carboxylic acids is 2. The molecule has 2 amide bonds. The van der Waals surface area contributed by atoms with Crippen LogP contribution >= 0.6 is 11.3 Å². The predicted molar refractivity (Wildman–Crippen MR) is 120 cm³/mol. The van der Waals surface area contributed by atoms with Gasteiger partial charge in [-0.1, -0.05) is 36.4 Å². The van der Waals surface area contributed by atoms with Gasteiger partial charge in [0, 0.05) is 25.4 Å². The monoisotopic (exact) mass is 421 g/mol. The fourth-order valence-electron chi connectivity index (χ4n) is 2.67. The van der Waals surface area contributed by atoms with Crippen LogP contribution in [0, 0.1) is 0 Å². The molecule has 0 aliphatic carbocycles. The maximum Gasteiger partial charge on any atom is 0.246 e.